The SMILES string of the molecule is CN1CC(COC(=O)N2CCN(c3ccccc3)CC2)C[C@H]2c3cccc4[nH]cc(c34)C[C@@H]21. The number of rotatable bonds is 3. The molecule has 2 saturated heterocycles. The second-order valence-corrected chi connectivity index (χ2v) is 9.89. The van der Waals surface area contributed by atoms with E-state index in [1.54, 1.807) is 0 Å². The third-order valence-corrected chi connectivity index (χ3v) is 7.91. The number of likely N-dealkylation sites (N-methyl/N-ethyl adjacent to an activating group) is 1. The van der Waals surface area contributed by atoms with Crippen LogP contribution in [0.4, 0.5) is 10.5 Å². The minimum atomic E-state index is -0.161. The highest BCUT2D eigenvalue weighted by molar-refractivity contribution is 5.88. The summed E-state index contributed by atoms with van der Waals surface area (Å²) in [5, 5.41) is 1.42. The molecule has 2 aliphatic heterocycles. The van der Waals surface area contributed by atoms with Crippen LogP contribution in [0, 0.1) is 5.92 Å². The first-order valence-corrected chi connectivity index (χ1v) is 12.2. The van der Waals surface area contributed by atoms with Crippen LogP contribution in [0.2, 0.25) is 0 Å². The maximum Gasteiger partial charge on any atom is 0.409 e. The molecule has 2 fully saturated rings. The monoisotopic (exact) mass is 444 g/mol. The van der Waals surface area contributed by atoms with Gasteiger partial charge in [0.2, 0.25) is 0 Å². The maximum atomic E-state index is 12.8. The molecule has 0 bridgehead atoms. The number of amides is 1. The first-order chi connectivity index (χ1) is 16.2. The number of H-pyrrole nitrogens is 1. The average Bonchev–Trinajstić information content (AvgIpc) is 3.28. The van der Waals surface area contributed by atoms with Crippen molar-refractivity contribution in [2.24, 2.45) is 5.92 Å². The molecule has 33 heavy (non-hydrogen) atoms. The number of para-hydroxylation sites is 1. The lowest BCUT2D eigenvalue weighted by atomic mass is 9.72. The van der Waals surface area contributed by atoms with Crippen LogP contribution >= 0.6 is 0 Å². The third kappa shape index (κ3) is 3.76. The van der Waals surface area contributed by atoms with Crippen molar-refractivity contribution >= 4 is 22.7 Å². The summed E-state index contributed by atoms with van der Waals surface area (Å²) in [6.07, 6.45) is 4.19. The van der Waals surface area contributed by atoms with E-state index in [9.17, 15) is 4.79 Å². The molecule has 0 spiro atoms. The van der Waals surface area contributed by atoms with Crippen LogP contribution in [0.15, 0.2) is 54.7 Å². The lowest BCUT2D eigenvalue weighted by Crippen LogP contribution is -2.50. The maximum absolute atomic E-state index is 12.8. The fraction of sp³-hybridized carbons (Fsp3) is 0.444. The molecule has 1 aromatic heterocycles. The molecule has 6 rings (SSSR count). The van der Waals surface area contributed by atoms with Crippen LogP contribution < -0.4 is 4.90 Å². The van der Waals surface area contributed by atoms with E-state index in [-0.39, 0.29) is 6.09 Å². The lowest BCUT2D eigenvalue weighted by molar-refractivity contribution is 0.0462. The van der Waals surface area contributed by atoms with Crippen LogP contribution in [0.5, 0.6) is 0 Å². The molecule has 0 radical (unpaired) electrons. The summed E-state index contributed by atoms with van der Waals surface area (Å²) in [5.74, 6) is 0.857. The predicted molar refractivity (Wildman–Crippen MR) is 131 cm³/mol. The van der Waals surface area contributed by atoms with E-state index >= 15 is 0 Å². The molecule has 3 aromatic rings. The Kier molecular flexibility index (Phi) is 5.25. The van der Waals surface area contributed by atoms with Crippen LogP contribution in [0.25, 0.3) is 10.9 Å². The highest BCUT2D eigenvalue weighted by Gasteiger charge is 2.39. The molecule has 1 N–H and O–H groups in total. The van der Waals surface area contributed by atoms with Crippen molar-refractivity contribution < 1.29 is 9.53 Å². The van der Waals surface area contributed by atoms with Gasteiger partial charge in [-0.2, -0.15) is 0 Å². The summed E-state index contributed by atoms with van der Waals surface area (Å²) in [7, 11) is 2.23. The summed E-state index contributed by atoms with van der Waals surface area (Å²) in [4.78, 5) is 22.9. The molecule has 3 aliphatic rings. The average molecular weight is 445 g/mol. The highest BCUT2D eigenvalue weighted by atomic mass is 16.6. The van der Waals surface area contributed by atoms with Gasteiger partial charge >= 0.3 is 6.09 Å². The highest BCUT2D eigenvalue weighted by Crippen LogP contribution is 2.44. The van der Waals surface area contributed by atoms with Gasteiger partial charge in [0.25, 0.3) is 0 Å². The number of fused-ring (bicyclic) bond motifs is 2. The zero-order chi connectivity index (χ0) is 22.4. The molecule has 3 heterocycles. The van der Waals surface area contributed by atoms with Crippen LogP contribution in [-0.4, -0.2) is 73.3 Å². The predicted octanol–water partition coefficient (Wildman–Crippen LogP) is 4.09. The van der Waals surface area contributed by atoms with E-state index in [1.165, 1.54) is 27.7 Å². The molecular weight excluding hydrogens is 412 g/mol. The van der Waals surface area contributed by atoms with Gasteiger partial charge in [0.15, 0.2) is 0 Å². The van der Waals surface area contributed by atoms with Gasteiger partial charge in [0.05, 0.1) is 6.61 Å². The zero-order valence-electron chi connectivity index (χ0n) is 19.2. The van der Waals surface area contributed by atoms with Gasteiger partial charge in [-0.15, -0.1) is 0 Å². The molecule has 1 unspecified atom stereocenters. The molecule has 6 heteroatoms. The number of piperazine rings is 1. The Hall–Kier alpha value is -2.99. The van der Waals surface area contributed by atoms with Crippen LogP contribution in [-0.2, 0) is 11.2 Å². The number of carbonyl (C=O) groups excluding carboxylic acids is 1. The zero-order valence-corrected chi connectivity index (χ0v) is 19.2. The van der Waals surface area contributed by atoms with Gasteiger partial charge in [-0.1, -0.05) is 30.3 Å². The summed E-state index contributed by atoms with van der Waals surface area (Å²) >= 11 is 0. The minimum absolute atomic E-state index is 0.161. The number of piperidine rings is 1. The van der Waals surface area contributed by atoms with E-state index < -0.39 is 0 Å². The Balaban J connectivity index is 1.07. The summed E-state index contributed by atoms with van der Waals surface area (Å²) in [6, 6.07) is 17.6. The second-order valence-electron chi connectivity index (χ2n) is 9.89. The second kappa shape index (κ2) is 8.41. The van der Waals surface area contributed by atoms with Gasteiger partial charge in [0.1, 0.15) is 0 Å². The minimum Gasteiger partial charge on any atom is -0.449 e. The van der Waals surface area contributed by atoms with Gasteiger partial charge < -0.3 is 24.4 Å². The summed E-state index contributed by atoms with van der Waals surface area (Å²) in [6.45, 7) is 4.59. The number of anilines is 1. The van der Waals surface area contributed by atoms with Crippen molar-refractivity contribution in [1.82, 2.24) is 14.8 Å². The number of nitrogens with one attached hydrogen (secondary N) is 1. The van der Waals surface area contributed by atoms with Gasteiger partial charge in [-0.3, -0.25) is 0 Å². The fourth-order valence-corrected chi connectivity index (χ4v) is 6.24. The number of hydrogen-bond acceptors (Lipinski definition) is 4. The van der Waals surface area contributed by atoms with Gasteiger partial charge in [-0.25, -0.2) is 4.79 Å². The topological polar surface area (TPSA) is 51.8 Å². The Bertz CT molecular complexity index is 1140. The smallest absolute Gasteiger partial charge is 0.409 e. The quantitative estimate of drug-likeness (QED) is 0.661. The van der Waals surface area contributed by atoms with E-state index in [0.29, 0.717) is 37.6 Å². The Morgan fingerprint density at radius 1 is 1.06 bits per heavy atom. The first kappa shape index (κ1) is 20.6. The van der Waals surface area contributed by atoms with Gasteiger partial charge in [-0.05, 0) is 49.2 Å². The number of nitrogens with zero attached hydrogens (tertiary/aromatic N) is 3. The summed E-state index contributed by atoms with van der Waals surface area (Å²) in [5.41, 5.74) is 5.36. The van der Waals surface area contributed by atoms with Crippen LogP contribution in [0.3, 0.4) is 0 Å². The number of benzene rings is 2. The lowest BCUT2D eigenvalue weighted by Gasteiger charge is -2.45. The molecule has 1 amide bonds. The third-order valence-electron chi connectivity index (χ3n) is 7.91. The Morgan fingerprint density at radius 2 is 1.88 bits per heavy atom. The van der Waals surface area contributed by atoms with Crippen molar-refractivity contribution in [2.45, 2.75) is 24.8 Å². The molecule has 0 saturated carbocycles. The molecule has 3 atom stereocenters. The van der Waals surface area contributed by atoms with Crippen molar-refractivity contribution in [2.75, 3.05) is 51.3 Å². The van der Waals surface area contributed by atoms with Crippen molar-refractivity contribution in [1.29, 1.82) is 0 Å². The first-order valence-electron chi connectivity index (χ1n) is 12.2. The van der Waals surface area contributed by atoms with Crippen molar-refractivity contribution in [3.8, 4) is 0 Å². The van der Waals surface area contributed by atoms with Crippen molar-refractivity contribution in [3.63, 3.8) is 0 Å². The molecule has 1 aliphatic carbocycles. The number of aromatic nitrogens is 1. The van der Waals surface area contributed by atoms with E-state index in [4.69, 9.17) is 4.74 Å². The molecule has 172 valence electrons. The van der Waals surface area contributed by atoms with E-state index in [2.05, 4.69) is 70.5 Å². The molecular formula is C27H32N4O2. The largest absolute Gasteiger partial charge is 0.449 e. The number of likely N-dealkylation sites (tertiary alicyclic amines) is 1. The van der Waals surface area contributed by atoms with Crippen molar-refractivity contribution in [3.05, 3.63) is 65.9 Å². The number of carbonyl (C=O) groups is 1. The standard InChI is InChI=1S/C27H32N4O2/c1-29-17-19(14-23-22-8-5-9-24-26(22)20(16-28-24)15-25(23)29)18-33-27(32)31-12-10-30(11-13-31)21-6-3-2-4-7-21/h2-9,16,19,23,25,28H,10-15,17-18H2,1H3/t19?,23-,25-/m0/s1. The fourth-order valence-electron chi connectivity index (χ4n) is 6.24. The Morgan fingerprint density at radius 3 is 2.70 bits per heavy atom. The van der Waals surface area contributed by atoms with Gasteiger partial charge in [0, 0.05) is 73.4 Å². The number of hydrogen-bond donors (Lipinski definition) is 1. The normalized spacial score (nSPS) is 25.2. The molecule has 2 aromatic carbocycles. The summed E-state index contributed by atoms with van der Waals surface area (Å²) < 4.78 is 5.85. The van der Waals surface area contributed by atoms with Crippen LogP contribution in [0.1, 0.15) is 23.5 Å². The Labute approximate surface area is 195 Å². The van der Waals surface area contributed by atoms with E-state index in [1.807, 2.05) is 11.0 Å². The number of aromatic amines is 1. The van der Waals surface area contributed by atoms with E-state index in [0.717, 1.165) is 32.5 Å². The number of ether oxygens (including phenoxy) is 1. The molecule has 6 nitrogen and oxygen atoms in total.